The number of nitrogens with zero attached hydrogens (tertiary/aromatic N) is 2. The fraction of sp³-hybridized carbons (Fsp3) is 0.429. The van der Waals surface area contributed by atoms with Gasteiger partial charge in [0, 0.05) is 27.3 Å². The van der Waals surface area contributed by atoms with Crippen LogP contribution >= 0.6 is 0 Å². The molecule has 0 aliphatic rings. The van der Waals surface area contributed by atoms with Crippen LogP contribution in [-0.4, -0.2) is 49.2 Å². The summed E-state index contributed by atoms with van der Waals surface area (Å²) in [7, 11) is 3.31. The third kappa shape index (κ3) is 4.24. The first-order chi connectivity index (χ1) is 9.61. The molecule has 110 valence electrons. The molecule has 0 fully saturated rings. The molecule has 6 heteroatoms. The van der Waals surface area contributed by atoms with E-state index in [4.69, 9.17) is 15.7 Å². The molecule has 0 aromatic heterocycles. The number of ether oxygens (including phenoxy) is 1. The van der Waals surface area contributed by atoms with E-state index < -0.39 is 5.92 Å². The van der Waals surface area contributed by atoms with Crippen molar-refractivity contribution in [1.82, 2.24) is 4.90 Å². The molecular weight excluding hydrogens is 258 g/mol. The third-order valence-electron chi connectivity index (χ3n) is 3.01. The van der Waals surface area contributed by atoms with E-state index in [-0.39, 0.29) is 11.7 Å². The molecule has 0 bridgehead atoms. The summed E-state index contributed by atoms with van der Waals surface area (Å²) in [5, 5.41) is 11.9. The van der Waals surface area contributed by atoms with E-state index in [1.54, 1.807) is 31.2 Å². The quantitative estimate of drug-likeness (QED) is 0.256. The highest BCUT2D eigenvalue weighted by molar-refractivity contribution is 6.07. The minimum Gasteiger partial charge on any atom is -0.409 e. The lowest BCUT2D eigenvalue weighted by molar-refractivity contribution is -0.130. The van der Waals surface area contributed by atoms with Gasteiger partial charge in [-0.2, -0.15) is 0 Å². The van der Waals surface area contributed by atoms with Crippen molar-refractivity contribution < 1.29 is 14.7 Å². The number of benzene rings is 1. The molecule has 1 aromatic carbocycles. The van der Waals surface area contributed by atoms with Gasteiger partial charge in [-0.05, 0) is 12.0 Å². The number of carbonyl (C=O) groups excluding carboxylic acids is 1. The number of carbonyl (C=O) groups is 1. The maximum Gasteiger partial charge on any atom is 0.237 e. The summed E-state index contributed by atoms with van der Waals surface area (Å²) < 4.78 is 4.96. The minimum atomic E-state index is -0.770. The SMILES string of the molecule is COCCCN(C)C(=O)C(C(N)=NO)c1ccccc1. The molecule has 0 saturated carbocycles. The highest BCUT2D eigenvalue weighted by Crippen LogP contribution is 2.18. The van der Waals surface area contributed by atoms with Crippen LogP contribution in [0.15, 0.2) is 35.5 Å². The zero-order chi connectivity index (χ0) is 15.0. The Bertz CT molecular complexity index is 448. The van der Waals surface area contributed by atoms with Crippen molar-refractivity contribution in [3.05, 3.63) is 35.9 Å². The first-order valence-corrected chi connectivity index (χ1v) is 6.38. The molecule has 0 aliphatic carbocycles. The predicted molar refractivity (Wildman–Crippen MR) is 76.7 cm³/mol. The molecule has 1 amide bonds. The van der Waals surface area contributed by atoms with Gasteiger partial charge in [-0.3, -0.25) is 4.79 Å². The van der Waals surface area contributed by atoms with Crippen molar-refractivity contribution >= 4 is 11.7 Å². The number of methoxy groups -OCH3 is 1. The van der Waals surface area contributed by atoms with Crippen molar-refractivity contribution in [1.29, 1.82) is 0 Å². The lowest BCUT2D eigenvalue weighted by atomic mass is 9.96. The van der Waals surface area contributed by atoms with Crippen LogP contribution in [0.25, 0.3) is 0 Å². The van der Waals surface area contributed by atoms with Crippen molar-refractivity contribution in [3.8, 4) is 0 Å². The minimum absolute atomic E-state index is 0.111. The molecule has 3 N–H and O–H groups in total. The second-order valence-electron chi connectivity index (χ2n) is 4.47. The van der Waals surface area contributed by atoms with E-state index in [1.165, 1.54) is 0 Å². The molecule has 0 spiro atoms. The summed E-state index contributed by atoms with van der Waals surface area (Å²) in [5.41, 5.74) is 6.37. The smallest absolute Gasteiger partial charge is 0.237 e. The molecule has 6 nitrogen and oxygen atoms in total. The van der Waals surface area contributed by atoms with E-state index in [0.29, 0.717) is 18.7 Å². The van der Waals surface area contributed by atoms with Gasteiger partial charge in [-0.1, -0.05) is 35.5 Å². The number of likely N-dealkylation sites (N-methyl/N-ethyl adjacent to an activating group) is 1. The fourth-order valence-electron chi connectivity index (χ4n) is 1.92. The third-order valence-corrected chi connectivity index (χ3v) is 3.01. The average Bonchev–Trinajstić information content (AvgIpc) is 2.48. The van der Waals surface area contributed by atoms with Crippen LogP contribution in [0.3, 0.4) is 0 Å². The molecule has 20 heavy (non-hydrogen) atoms. The van der Waals surface area contributed by atoms with Gasteiger partial charge < -0.3 is 20.6 Å². The number of hydrogen-bond donors (Lipinski definition) is 2. The van der Waals surface area contributed by atoms with Gasteiger partial charge in [0.1, 0.15) is 5.92 Å². The van der Waals surface area contributed by atoms with E-state index in [2.05, 4.69) is 5.16 Å². The molecule has 1 atom stereocenters. The van der Waals surface area contributed by atoms with E-state index >= 15 is 0 Å². The Morgan fingerprint density at radius 3 is 2.65 bits per heavy atom. The topological polar surface area (TPSA) is 88.2 Å². The molecule has 0 heterocycles. The number of amides is 1. The Kier molecular flexibility index (Phi) is 6.52. The lowest BCUT2D eigenvalue weighted by Crippen LogP contribution is -2.39. The zero-order valence-electron chi connectivity index (χ0n) is 11.8. The molecule has 0 aliphatic heterocycles. The Morgan fingerprint density at radius 2 is 2.10 bits per heavy atom. The van der Waals surface area contributed by atoms with Crippen LogP contribution in [0.5, 0.6) is 0 Å². The molecular formula is C14H21N3O3. The van der Waals surface area contributed by atoms with Crippen LogP contribution in [0.1, 0.15) is 17.9 Å². The second-order valence-corrected chi connectivity index (χ2v) is 4.47. The predicted octanol–water partition coefficient (Wildman–Crippen LogP) is 1.01. The lowest BCUT2D eigenvalue weighted by Gasteiger charge is -2.23. The Hall–Kier alpha value is -2.08. The largest absolute Gasteiger partial charge is 0.409 e. The van der Waals surface area contributed by atoms with E-state index in [9.17, 15) is 4.79 Å². The normalized spacial score (nSPS) is 13.0. The summed E-state index contributed by atoms with van der Waals surface area (Å²) in [5.74, 6) is -1.09. The summed E-state index contributed by atoms with van der Waals surface area (Å²) in [6.45, 7) is 1.13. The molecule has 1 unspecified atom stereocenters. The Morgan fingerprint density at radius 1 is 1.45 bits per heavy atom. The van der Waals surface area contributed by atoms with Crippen LogP contribution < -0.4 is 5.73 Å². The number of amidine groups is 1. The van der Waals surface area contributed by atoms with Gasteiger partial charge in [0.15, 0.2) is 5.84 Å². The Labute approximate surface area is 118 Å². The molecule has 0 saturated heterocycles. The van der Waals surface area contributed by atoms with Crippen LogP contribution in [0.4, 0.5) is 0 Å². The van der Waals surface area contributed by atoms with Gasteiger partial charge in [0.25, 0.3) is 0 Å². The monoisotopic (exact) mass is 279 g/mol. The Balaban J connectivity index is 2.86. The number of hydrogen-bond acceptors (Lipinski definition) is 4. The first-order valence-electron chi connectivity index (χ1n) is 6.38. The van der Waals surface area contributed by atoms with Crippen molar-refractivity contribution in [2.24, 2.45) is 10.9 Å². The van der Waals surface area contributed by atoms with Crippen molar-refractivity contribution in [3.63, 3.8) is 0 Å². The summed E-state index contributed by atoms with van der Waals surface area (Å²) in [4.78, 5) is 14.0. The van der Waals surface area contributed by atoms with Gasteiger partial charge in [-0.25, -0.2) is 0 Å². The van der Waals surface area contributed by atoms with Crippen LogP contribution in [0.2, 0.25) is 0 Å². The van der Waals surface area contributed by atoms with Crippen LogP contribution in [0, 0.1) is 0 Å². The number of rotatable bonds is 7. The van der Waals surface area contributed by atoms with E-state index in [1.807, 2.05) is 18.2 Å². The van der Waals surface area contributed by atoms with Crippen molar-refractivity contribution in [2.45, 2.75) is 12.3 Å². The van der Waals surface area contributed by atoms with Crippen LogP contribution in [-0.2, 0) is 9.53 Å². The average molecular weight is 279 g/mol. The molecule has 0 radical (unpaired) electrons. The molecule has 1 aromatic rings. The highest BCUT2D eigenvalue weighted by atomic mass is 16.5. The fourth-order valence-corrected chi connectivity index (χ4v) is 1.92. The van der Waals surface area contributed by atoms with Gasteiger partial charge in [0.05, 0.1) is 0 Å². The highest BCUT2D eigenvalue weighted by Gasteiger charge is 2.27. The summed E-state index contributed by atoms with van der Waals surface area (Å²) in [6.07, 6.45) is 0.733. The molecule has 1 rings (SSSR count). The van der Waals surface area contributed by atoms with E-state index in [0.717, 1.165) is 6.42 Å². The zero-order valence-corrected chi connectivity index (χ0v) is 11.8. The van der Waals surface area contributed by atoms with Gasteiger partial charge >= 0.3 is 0 Å². The van der Waals surface area contributed by atoms with Gasteiger partial charge in [0.2, 0.25) is 5.91 Å². The second kappa shape index (κ2) is 8.16. The standard InChI is InChI=1S/C14H21N3O3/c1-17(9-6-10-20-2)14(18)12(13(15)16-19)11-7-4-3-5-8-11/h3-5,7-8,12,19H,6,9-10H2,1-2H3,(H2,15,16). The summed E-state index contributed by atoms with van der Waals surface area (Å²) in [6, 6.07) is 9.03. The maximum atomic E-state index is 12.5. The van der Waals surface area contributed by atoms with Crippen molar-refractivity contribution in [2.75, 3.05) is 27.3 Å². The number of nitrogens with two attached hydrogens (primary N) is 1. The first kappa shape index (κ1) is 16.0. The number of oxime groups is 1. The summed E-state index contributed by atoms with van der Waals surface area (Å²) >= 11 is 0. The maximum absolute atomic E-state index is 12.5. The van der Waals surface area contributed by atoms with Gasteiger partial charge in [-0.15, -0.1) is 0 Å².